The minimum atomic E-state index is -0.0813. The summed E-state index contributed by atoms with van der Waals surface area (Å²) in [6, 6.07) is 9.36. The third-order valence-corrected chi connectivity index (χ3v) is 3.97. The van der Waals surface area contributed by atoms with E-state index in [4.69, 9.17) is 5.26 Å². The van der Waals surface area contributed by atoms with E-state index in [-0.39, 0.29) is 5.91 Å². The second kappa shape index (κ2) is 8.43. The van der Waals surface area contributed by atoms with Gasteiger partial charge in [0.25, 0.3) is 5.91 Å². The molecule has 0 saturated heterocycles. The van der Waals surface area contributed by atoms with E-state index in [1.165, 1.54) is 38.5 Å². The van der Waals surface area contributed by atoms with Crippen molar-refractivity contribution < 1.29 is 4.79 Å². The van der Waals surface area contributed by atoms with Crippen molar-refractivity contribution in [3.8, 4) is 6.07 Å². The fourth-order valence-electron chi connectivity index (χ4n) is 2.73. The van der Waals surface area contributed by atoms with E-state index in [1.54, 1.807) is 24.3 Å². The number of hydrogen-bond donors (Lipinski definition) is 2. The maximum Gasteiger partial charge on any atom is 0.251 e. The van der Waals surface area contributed by atoms with Crippen LogP contribution < -0.4 is 10.6 Å². The Morgan fingerprint density at radius 2 is 1.76 bits per heavy atom. The molecular weight excluding hydrogens is 262 g/mol. The van der Waals surface area contributed by atoms with E-state index in [9.17, 15) is 4.79 Å². The number of carbonyl (C=O) groups is 1. The van der Waals surface area contributed by atoms with Crippen LogP contribution in [0.1, 0.15) is 54.4 Å². The molecule has 2 N–H and O–H groups in total. The van der Waals surface area contributed by atoms with E-state index in [0.717, 1.165) is 6.54 Å². The highest BCUT2D eigenvalue weighted by molar-refractivity contribution is 5.94. The Morgan fingerprint density at radius 3 is 2.38 bits per heavy atom. The predicted octanol–water partition coefficient (Wildman–Crippen LogP) is 2.60. The summed E-state index contributed by atoms with van der Waals surface area (Å²) in [5, 5.41) is 15.2. The fraction of sp³-hybridized carbons (Fsp3) is 0.529. The van der Waals surface area contributed by atoms with Crippen LogP contribution in [0, 0.1) is 11.3 Å². The van der Waals surface area contributed by atoms with Crippen molar-refractivity contribution in [2.24, 2.45) is 0 Å². The fourth-order valence-corrected chi connectivity index (χ4v) is 2.73. The van der Waals surface area contributed by atoms with Gasteiger partial charge in [-0.2, -0.15) is 5.26 Å². The molecule has 0 unspecified atom stereocenters. The van der Waals surface area contributed by atoms with Crippen LogP contribution in [0.25, 0.3) is 0 Å². The molecule has 0 spiro atoms. The van der Waals surface area contributed by atoms with Gasteiger partial charge in [-0.1, -0.05) is 25.7 Å². The molecule has 2 rings (SSSR count). The standard InChI is InChI=1S/C17H23N3O/c18-13-14-7-9-15(10-8-14)17(21)20-12-11-19-16-5-3-1-2-4-6-16/h7-10,16,19H,1-6,11-12H2,(H,20,21). The number of nitrogens with zero attached hydrogens (tertiary/aromatic N) is 1. The average Bonchev–Trinajstić information content (AvgIpc) is 2.80. The summed E-state index contributed by atoms with van der Waals surface area (Å²) < 4.78 is 0. The molecule has 21 heavy (non-hydrogen) atoms. The van der Waals surface area contributed by atoms with Crippen molar-refractivity contribution in [1.29, 1.82) is 5.26 Å². The summed E-state index contributed by atoms with van der Waals surface area (Å²) in [6.07, 6.45) is 7.85. The molecule has 1 amide bonds. The quantitative estimate of drug-likeness (QED) is 0.645. The number of hydrogen-bond acceptors (Lipinski definition) is 3. The van der Waals surface area contributed by atoms with Crippen molar-refractivity contribution in [2.45, 2.75) is 44.6 Å². The third-order valence-electron chi connectivity index (χ3n) is 3.97. The molecule has 0 aromatic heterocycles. The second-order valence-electron chi connectivity index (χ2n) is 5.59. The predicted molar refractivity (Wildman–Crippen MR) is 83.0 cm³/mol. The Balaban J connectivity index is 1.67. The molecule has 0 aliphatic heterocycles. The topological polar surface area (TPSA) is 64.9 Å². The lowest BCUT2D eigenvalue weighted by Gasteiger charge is -2.16. The Labute approximate surface area is 126 Å². The molecule has 1 aliphatic rings. The summed E-state index contributed by atoms with van der Waals surface area (Å²) >= 11 is 0. The minimum absolute atomic E-state index is 0.0813. The van der Waals surface area contributed by atoms with Gasteiger partial charge in [0.05, 0.1) is 11.6 Å². The summed E-state index contributed by atoms with van der Waals surface area (Å²) in [5.41, 5.74) is 1.17. The van der Waals surface area contributed by atoms with Crippen LogP contribution in [0.3, 0.4) is 0 Å². The molecular formula is C17H23N3O. The number of rotatable bonds is 5. The number of nitrogens with one attached hydrogen (secondary N) is 2. The SMILES string of the molecule is N#Cc1ccc(C(=O)NCCNC2CCCCCC2)cc1. The Morgan fingerprint density at radius 1 is 1.10 bits per heavy atom. The highest BCUT2D eigenvalue weighted by Gasteiger charge is 2.11. The van der Waals surface area contributed by atoms with E-state index in [1.807, 2.05) is 6.07 Å². The lowest BCUT2D eigenvalue weighted by molar-refractivity contribution is 0.0953. The van der Waals surface area contributed by atoms with Gasteiger partial charge in [-0.15, -0.1) is 0 Å². The first kappa shape index (κ1) is 15.5. The maximum absolute atomic E-state index is 11.9. The van der Waals surface area contributed by atoms with Crippen molar-refractivity contribution >= 4 is 5.91 Å². The molecule has 1 fully saturated rings. The molecule has 1 aromatic rings. The smallest absolute Gasteiger partial charge is 0.251 e. The zero-order chi connectivity index (χ0) is 14.9. The van der Waals surface area contributed by atoms with Crippen LogP contribution in [-0.4, -0.2) is 25.0 Å². The van der Waals surface area contributed by atoms with Crippen LogP contribution in [0.4, 0.5) is 0 Å². The monoisotopic (exact) mass is 285 g/mol. The molecule has 4 nitrogen and oxygen atoms in total. The summed E-state index contributed by atoms with van der Waals surface area (Å²) in [6.45, 7) is 1.45. The summed E-state index contributed by atoms with van der Waals surface area (Å²) in [4.78, 5) is 11.9. The molecule has 1 saturated carbocycles. The molecule has 0 radical (unpaired) electrons. The number of nitriles is 1. The van der Waals surface area contributed by atoms with E-state index in [2.05, 4.69) is 10.6 Å². The van der Waals surface area contributed by atoms with Gasteiger partial charge >= 0.3 is 0 Å². The zero-order valence-electron chi connectivity index (χ0n) is 12.4. The largest absolute Gasteiger partial charge is 0.351 e. The van der Waals surface area contributed by atoms with Crippen LogP contribution in [0.2, 0.25) is 0 Å². The Kier molecular flexibility index (Phi) is 6.23. The van der Waals surface area contributed by atoms with E-state index < -0.39 is 0 Å². The van der Waals surface area contributed by atoms with Gasteiger partial charge in [0.15, 0.2) is 0 Å². The lowest BCUT2D eigenvalue weighted by Crippen LogP contribution is -2.36. The first-order valence-electron chi connectivity index (χ1n) is 7.81. The van der Waals surface area contributed by atoms with Gasteiger partial charge in [0.1, 0.15) is 0 Å². The highest BCUT2D eigenvalue weighted by Crippen LogP contribution is 2.16. The van der Waals surface area contributed by atoms with Gasteiger partial charge < -0.3 is 10.6 Å². The van der Waals surface area contributed by atoms with Crippen molar-refractivity contribution in [2.75, 3.05) is 13.1 Å². The van der Waals surface area contributed by atoms with Crippen molar-refractivity contribution in [3.63, 3.8) is 0 Å². The van der Waals surface area contributed by atoms with Gasteiger partial charge in [0, 0.05) is 24.7 Å². The molecule has 0 bridgehead atoms. The summed E-state index contributed by atoms with van der Waals surface area (Å²) in [7, 11) is 0. The van der Waals surface area contributed by atoms with Crippen LogP contribution in [0.5, 0.6) is 0 Å². The summed E-state index contributed by atoms with van der Waals surface area (Å²) in [5.74, 6) is -0.0813. The average molecular weight is 285 g/mol. The van der Waals surface area contributed by atoms with Gasteiger partial charge in [-0.25, -0.2) is 0 Å². The number of carbonyl (C=O) groups excluding carboxylic acids is 1. The van der Waals surface area contributed by atoms with Gasteiger partial charge in [-0.05, 0) is 37.1 Å². The van der Waals surface area contributed by atoms with Crippen molar-refractivity contribution in [1.82, 2.24) is 10.6 Å². The molecule has 1 aliphatic carbocycles. The minimum Gasteiger partial charge on any atom is -0.351 e. The molecule has 112 valence electrons. The Hall–Kier alpha value is -1.86. The van der Waals surface area contributed by atoms with E-state index in [0.29, 0.717) is 23.7 Å². The van der Waals surface area contributed by atoms with Crippen LogP contribution >= 0.6 is 0 Å². The van der Waals surface area contributed by atoms with Crippen molar-refractivity contribution in [3.05, 3.63) is 35.4 Å². The van der Waals surface area contributed by atoms with Crippen LogP contribution in [-0.2, 0) is 0 Å². The first-order chi connectivity index (χ1) is 10.3. The lowest BCUT2D eigenvalue weighted by atomic mass is 10.1. The molecule has 1 aromatic carbocycles. The molecule has 0 atom stereocenters. The highest BCUT2D eigenvalue weighted by atomic mass is 16.1. The Bertz CT molecular complexity index is 482. The molecule has 0 heterocycles. The van der Waals surface area contributed by atoms with Gasteiger partial charge in [0.2, 0.25) is 0 Å². The maximum atomic E-state index is 11.9. The molecule has 4 heteroatoms. The third kappa shape index (κ3) is 5.20. The zero-order valence-corrected chi connectivity index (χ0v) is 12.4. The van der Waals surface area contributed by atoms with Gasteiger partial charge in [-0.3, -0.25) is 4.79 Å². The number of amides is 1. The van der Waals surface area contributed by atoms with E-state index >= 15 is 0 Å². The normalized spacial score (nSPS) is 16.0. The second-order valence-corrected chi connectivity index (χ2v) is 5.59. The number of benzene rings is 1. The van der Waals surface area contributed by atoms with Crippen LogP contribution in [0.15, 0.2) is 24.3 Å². The first-order valence-corrected chi connectivity index (χ1v) is 7.81.